The van der Waals surface area contributed by atoms with Gasteiger partial charge in [0.05, 0.1) is 12.8 Å². The minimum Gasteiger partial charge on any atom is -0.467 e. The molecule has 1 amide bonds. The van der Waals surface area contributed by atoms with E-state index >= 15 is 0 Å². The molecule has 2 aromatic heterocycles. The van der Waals surface area contributed by atoms with E-state index in [2.05, 4.69) is 0 Å². The number of carbonyl (C=O) groups is 1. The van der Waals surface area contributed by atoms with Gasteiger partial charge >= 0.3 is 0 Å². The number of nitrogens with zero attached hydrogens (tertiary/aromatic N) is 1. The maximum absolute atomic E-state index is 13.5. The lowest BCUT2D eigenvalue weighted by Gasteiger charge is -2.21. The van der Waals surface area contributed by atoms with Crippen molar-refractivity contribution in [3.05, 3.63) is 93.6 Å². The van der Waals surface area contributed by atoms with E-state index in [1.807, 2.05) is 69.3 Å². The summed E-state index contributed by atoms with van der Waals surface area (Å²) in [5.74, 6) is 0.878. The molecule has 0 spiro atoms. The van der Waals surface area contributed by atoms with Crippen molar-refractivity contribution in [3.63, 3.8) is 0 Å². The number of rotatable bonds is 5. The van der Waals surface area contributed by atoms with E-state index in [1.54, 1.807) is 11.2 Å². The number of benzene rings is 2. The third-order valence-corrected chi connectivity index (χ3v) is 5.53. The Kier molecular flexibility index (Phi) is 5.20. The molecule has 0 saturated carbocycles. The number of halogens is 1. The summed E-state index contributed by atoms with van der Waals surface area (Å²) in [4.78, 5) is 15.2. The average Bonchev–Trinajstić information content (AvgIpc) is 3.32. The number of fused-ring (bicyclic) bond motifs is 1. The van der Waals surface area contributed by atoms with Crippen LogP contribution < -0.4 is 0 Å². The molecule has 0 saturated heterocycles. The Hall–Kier alpha value is -2.98. The first-order valence-corrected chi connectivity index (χ1v) is 9.86. The highest BCUT2D eigenvalue weighted by atomic mass is 35.5. The lowest BCUT2D eigenvalue weighted by molar-refractivity contribution is 0.0686. The number of furan rings is 2. The molecule has 0 atom stereocenters. The molecule has 0 aliphatic heterocycles. The summed E-state index contributed by atoms with van der Waals surface area (Å²) in [6.07, 6.45) is 1.61. The normalized spacial score (nSPS) is 11.2. The molecule has 0 aliphatic carbocycles. The monoisotopic (exact) mass is 407 g/mol. The number of amides is 1. The summed E-state index contributed by atoms with van der Waals surface area (Å²) in [6, 6.07) is 15.6. The molecule has 0 unspecified atom stereocenters. The zero-order valence-electron chi connectivity index (χ0n) is 16.7. The first-order valence-electron chi connectivity index (χ1n) is 9.49. The highest BCUT2D eigenvalue weighted by molar-refractivity contribution is 6.32. The molecule has 5 heteroatoms. The molecule has 0 bridgehead atoms. The SMILES string of the molecule is Cc1ccc(CN(Cc2ccco2)C(=O)c2oc3cc(C)c(Cl)cc3c2C)cc1. The molecule has 4 aromatic rings. The van der Waals surface area contributed by atoms with Crippen LogP contribution in [-0.2, 0) is 13.1 Å². The van der Waals surface area contributed by atoms with Crippen LogP contribution in [0.1, 0.15) is 38.6 Å². The number of carbonyl (C=O) groups excluding carboxylic acids is 1. The summed E-state index contributed by atoms with van der Waals surface area (Å²) in [7, 11) is 0. The van der Waals surface area contributed by atoms with Gasteiger partial charge < -0.3 is 13.7 Å². The fourth-order valence-corrected chi connectivity index (χ4v) is 3.56. The standard InChI is InChI=1S/C24H22ClNO3/c1-15-6-8-18(9-7-15)13-26(14-19-5-4-10-28-19)24(27)23-17(3)20-12-21(25)16(2)11-22(20)29-23/h4-12H,13-14H2,1-3H3. The Balaban J connectivity index is 1.71. The van der Waals surface area contributed by atoms with E-state index < -0.39 is 0 Å². The first-order chi connectivity index (χ1) is 13.9. The van der Waals surface area contributed by atoms with E-state index in [9.17, 15) is 4.79 Å². The molecule has 0 aliphatic rings. The zero-order chi connectivity index (χ0) is 20.5. The molecule has 29 heavy (non-hydrogen) atoms. The van der Waals surface area contributed by atoms with Gasteiger partial charge in [0.25, 0.3) is 5.91 Å². The molecule has 4 rings (SSSR count). The van der Waals surface area contributed by atoms with Crippen LogP contribution in [0.25, 0.3) is 11.0 Å². The minimum absolute atomic E-state index is 0.176. The summed E-state index contributed by atoms with van der Waals surface area (Å²) in [5, 5.41) is 1.52. The fraction of sp³-hybridized carbons (Fsp3) is 0.208. The van der Waals surface area contributed by atoms with Gasteiger partial charge in [-0.25, -0.2) is 0 Å². The van der Waals surface area contributed by atoms with Crippen LogP contribution in [-0.4, -0.2) is 10.8 Å². The number of hydrogen-bond donors (Lipinski definition) is 0. The van der Waals surface area contributed by atoms with Crippen LogP contribution >= 0.6 is 11.6 Å². The minimum atomic E-state index is -0.176. The summed E-state index contributed by atoms with van der Waals surface area (Å²) in [5.41, 5.74) is 4.60. The van der Waals surface area contributed by atoms with Gasteiger partial charge in [-0.3, -0.25) is 4.79 Å². The lowest BCUT2D eigenvalue weighted by Crippen LogP contribution is -2.30. The van der Waals surface area contributed by atoms with Crippen molar-refractivity contribution in [1.29, 1.82) is 0 Å². The summed E-state index contributed by atoms with van der Waals surface area (Å²) < 4.78 is 11.5. The third kappa shape index (κ3) is 3.94. The smallest absolute Gasteiger partial charge is 0.290 e. The summed E-state index contributed by atoms with van der Waals surface area (Å²) >= 11 is 6.28. The first kappa shape index (κ1) is 19.3. The third-order valence-electron chi connectivity index (χ3n) is 5.12. The quantitative estimate of drug-likeness (QED) is 0.382. The van der Waals surface area contributed by atoms with E-state index in [0.717, 1.165) is 27.8 Å². The maximum atomic E-state index is 13.5. The van der Waals surface area contributed by atoms with E-state index in [1.165, 1.54) is 5.56 Å². The van der Waals surface area contributed by atoms with Crippen molar-refractivity contribution in [2.75, 3.05) is 0 Å². The molecule has 148 valence electrons. The lowest BCUT2D eigenvalue weighted by atomic mass is 10.1. The van der Waals surface area contributed by atoms with Gasteiger partial charge in [-0.1, -0.05) is 41.4 Å². The molecule has 0 fully saturated rings. The van der Waals surface area contributed by atoms with Crippen molar-refractivity contribution in [3.8, 4) is 0 Å². The van der Waals surface area contributed by atoms with Crippen LogP contribution in [0.4, 0.5) is 0 Å². The maximum Gasteiger partial charge on any atom is 0.290 e. The predicted molar refractivity (Wildman–Crippen MR) is 114 cm³/mol. The Morgan fingerprint density at radius 1 is 1.03 bits per heavy atom. The van der Waals surface area contributed by atoms with Crippen LogP contribution in [0.3, 0.4) is 0 Å². The topological polar surface area (TPSA) is 46.6 Å². The van der Waals surface area contributed by atoms with Crippen LogP contribution in [0, 0.1) is 20.8 Å². The van der Waals surface area contributed by atoms with Crippen molar-refractivity contribution >= 4 is 28.5 Å². The van der Waals surface area contributed by atoms with Crippen LogP contribution in [0.2, 0.25) is 5.02 Å². The fourth-order valence-electron chi connectivity index (χ4n) is 3.39. The highest BCUT2D eigenvalue weighted by Gasteiger charge is 2.25. The Labute approximate surface area is 174 Å². The van der Waals surface area contributed by atoms with Crippen LogP contribution in [0.5, 0.6) is 0 Å². The largest absolute Gasteiger partial charge is 0.467 e. The van der Waals surface area contributed by atoms with Gasteiger partial charge in [0.1, 0.15) is 11.3 Å². The Morgan fingerprint density at radius 3 is 2.48 bits per heavy atom. The molecule has 2 aromatic carbocycles. The second-order valence-electron chi connectivity index (χ2n) is 7.38. The molecule has 2 heterocycles. The van der Waals surface area contributed by atoms with Crippen molar-refractivity contribution in [2.45, 2.75) is 33.9 Å². The van der Waals surface area contributed by atoms with Gasteiger partial charge in [-0.15, -0.1) is 0 Å². The van der Waals surface area contributed by atoms with Gasteiger partial charge in [0, 0.05) is 22.5 Å². The van der Waals surface area contributed by atoms with Crippen molar-refractivity contribution in [1.82, 2.24) is 4.90 Å². The van der Waals surface area contributed by atoms with E-state index in [0.29, 0.717) is 29.5 Å². The molecule has 0 radical (unpaired) electrons. The van der Waals surface area contributed by atoms with Gasteiger partial charge in [0.15, 0.2) is 5.76 Å². The zero-order valence-corrected chi connectivity index (χ0v) is 17.4. The second-order valence-corrected chi connectivity index (χ2v) is 7.79. The molecule has 0 N–H and O–H groups in total. The molecular weight excluding hydrogens is 386 g/mol. The molecular formula is C24H22ClNO3. The predicted octanol–water partition coefficient (Wildman–Crippen LogP) is 6.45. The summed E-state index contributed by atoms with van der Waals surface area (Å²) in [6.45, 7) is 6.66. The van der Waals surface area contributed by atoms with Gasteiger partial charge in [0.2, 0.25) is 0 Å². The van der Waals surface area contributed by atoms with Crippen LogP contribution in [0.15, 0.2) is 63.6 Å². The Bertz CT molecular complexity index is 1160. The number of aryl methyl sites for hydroxylation is 3. The second kappa shape index (κ2) is 7.80. The van der Waals surface area contributed by atoms with Gasteiger partial charge in [-0.05, 0) is 56.2 Å². The van der Waals surface area contributed by atoms with Crippen molar-refractivity contribution in [2.24, 2.45) is 0 Å². The van der Waals surface area contributed by atoms with E-state index in [-0.39, 0.29) is 5.91 Å². The van der Waals surface area contributed by atoms with E-state index in [4.69, 9.17) is 20.4 Å². The molecule has 4 nitrogen and oxygen atoms in total. The van der Waals surface area contributed by atoms with Gasteiger partial charge in [-0.2, -0.15) is 0 Å². The Morgan fingerprint density at radius 2 is 1.79 bits per heavy atom. The highest BCUT2D eigenvalue weighted by Crippen LogP contribution is 2.31. The average molecular weight is 408 g/mol. The number of hydrogen-bond acceptors (Lipinski definition) is 3. The van der Waals surface area contributed by atoms with Crippen molar-refractivity contribution < 1.29 is 13.6 Å².